The van der Waals surface area contributed by atoms with Gasteiger partial charge < -0.3 is 10.6 Å². The van der Waals surface area contributed by atoms with E-state index in [9.17, 15) is 4.79 Å². The normalized spacial score (nSPS) is 18.1. The van der Waals surface area contributed by atoms with Crippen LogP contribution in [-0.2, 0) is 0 Å². The third-order valence-corrected chi connectivity index (χ3v) is 4.43. The monoisotopic (exact) mass is 337 g/mol. The van der Waals surface area contributed by atoms with Crippen molar-refractivity contribution in [2.75, 3.05) is 11.9 Å². The van der Waals surface area contributed by atoms with Gasteiger partial charge in [-0.1, -0.05) is 0 Å². The highest BCUT2D eigenvalue weighted by atomic mass is 79.9. The SMILES string of the molecule is CCNc1ncc(Br)cc1C(=O)NC(C1CC1)C1CC1. The molecule has 2 saturated carbocycles. The van der Waals surface area contributed by atoms with Crippen molar-refractivity contribution in [3.05, 3.63) is 22.3 Å². The van der Waals surface area contributed by atoms with Crippen molar-refractivity contribution in [2.24, 2.45) is 11.8 Å². The largest absolute Gasteiger partial charge is 0.370 e. The highest BCUT2D eigenvalue weighted by Gasteiger charge is 2.42. The summed E-state index contributed by atoms with van der Waals surface area (Å²) >= 11 is 3.39. The van der Waals surface area contributed by atoms with E-state index in [1.54, 1.807) is 6.20 Å². The first-order chi connectivity index (χ1) is 9.69. The fraction of sp³-hybridized carbons (Fsp3) is 0.600. The Labute approximate surface area is 127 Å². The number of amides is 1. The highest BCUT2D eigenvalue weighted by molar-refractivity contribution is 9.10. The van der Waals surface area contributed by atoms with Crippen LogP contribution in [0, 0.1) is 11.8 Å². The van der Waals surface area contributed by atoms with Crippen LogP contribution in [0.5, 0.6) is 0 Å². The second-order valence-corrected chi connectivity index (χ2v) is 6.67. The van der Waals surface area contributed by atoms with Gasteiger partial charge in [-0.25, -0.2) is 4.98 Å². The summed E-state index contributed by atoms with van der Waals surface area (Å²) < 4.78 is 0.832. The van der Waals surface area contributed by atoms with Crippen molar-refractivity contribution in [1.82, 2.24) is 10.3 Å². The molecule has 3 rings (SSSR count). The maximum absolute atomic E-state index is 12.6. The number of anilines is 1. The standard InChI is InChI=1S/C15H20BrN3O/c1-2-17-14-12(7-11(16)8-18-14)15(20)19-13(9-3-4-9)10-5-6-10/h7-10,13H,2-6H2,1H3,(H,17,18)(H,19,20). The minimum Gasteiger partial charge on any atom is -0.370 e. The van der Waals surface area contributed by atoms with Crippen LogP contribution < -0.4 is 10.6 Å². The second kappa shape index (κ2) is 5.72. The minimum absolute atomic E-state index is 0.00134. The minimum atomic E-state index is -0.00134. The van der Waals surface area contributed by atoms with Gasteiger partial charge in [-0.3, -0.25) is 4.79 Å². The zero-order valence-electron chi connectivity index (χ0n) is 11.7. The number of carbonyl (C=O) groups excluding carboxylic acids is 1. The molecule has 1 aromatic heterocycles. The van der Waals surface area contributed by atoms with Gasteiger partial charge in [0.15, 0.2) is 0 Å². The molecule has 0 bridgehead atoms. The first-order valence-corrected chi connectivity index (χ1v) is 8.18. The molecule has 0 spiro atoms. The van der Waals surface area contributed by atoms with Crippen molar-refractivity contribution < 1.29 is 4.79 Å². The molecule has 0 aromatic carbocycles. The fourth-order valence-corrected chi connectivity index (χ4v) is 3.01. The van der Waals surface area contributed by atoms with Gasteiger partial charge >= 0.3 is 0 Å². The van der Waals surface area contributed by atoms with E-state index in [1.165, 1.54) is 25.7 Å². The Hall–Kier alpha value is -1.10. The predicted octanol–water partition coefficient (Wildman–Crippen LogP) is 3.19. The van der Waals surface area contributed by atoms with Gasteiger partial charge in [-0.15, -0.1) is 0 Å². The Morgan fingerprint density at radius 3 is 2.60 bits per heavy atom. The Bertz CT molecular complexity index is 500. The molecule has 0 unspecified atom stereocenters. The summed E-state index contributed by atoms with van der Waals surface area (Å²) in [5.41, 5.74) is 0.632. The molecule has 2 aliphatic carbocycles. The zero-order valence-corrected chi connectivity index (χ0v) is 13.2. The highest BCUT2D eigenvalue weighted by Crippen LogP contribution is 2.44. The molecule has 2 fully saturated rings. The Kier molecular flexibility index (Phi) is 3.96. The molecule has 1 amide bonds. The van der Waals surface area contributed by atoms with E-state index in [0.717, 1.165) is 11.0 Å². The van der Waals surface area contributed by atoms with Crippen LogP contribution in [0.15, 0.2) is 16.7 Å². The Morgan fingerprint density at radius 1 is 1.40 bits per heavy atom. The van der Waals surface area contributed by atoms with Crippen LogP contribution in [0.2, 0.25) is 0 Å². The lowest BCUT2D eigenvalue weighted by atomic mass is 10.1. The van der Waals surface area contributed by atoms with Gasteiger partial charge in [0.05, 0.1) is 5.56 Å². The molecular formula is C15H20BrN3O. The maximum Gasteiger partial charge on any atom is 0.255 e. The number of nitrogens with zero attached hydrogens (tertiary/aromatic N) is 1. The third-order valence-electron chi connectivity index (χ3n) is 4.00. The summed E-state index contributed by atoms with van der Waals surface area (Å²) in [6.45, 7) is 2.76. The second-order valence-electron chi connectivity index (χ2n) is 5.75. The molecule has 0 radical (unpaired) electrons. The van der Waals surface area contributed by atoms with Crippen LogP contribution in [0.25, 0.3) is 0 Å². The summed E-state index contributed by atoms with van der Waals surface area (Å²) in [5, 5.41) is 6.40. The Morgan fingerprint density at radius 2 is 2.05 bits per heavy atom. The van der Waals surface area contributed by atoms with Crippen molar-refractivity contribution >= 4 is 27.7 Å². The van der Waals surface area contributed by atoms with Crippen LogP contribution in [0.3, 0.4) is 0 Å². The molecule has 1 heterocycles. The predicted molar refractivity (Wildman–Crippen MR) is 82.8 cm³/mol. The van der Waals surface area contributed by atoms with Crippen molar-refractivity contribution in [1.29, 1.82) is 0 Å². The molecule has 5 heteroatoms. The van der Waals surface area contributed by atoms with Crippen molar-refractivity contribution in [3.8, 4) is 0 Å². The van der Waals surface area contributed by atoms with E-state index in [1.807, 2.05) is 13.0 Å². The molecule has 108 valence electrons. The lowest BCUT2D eigenvalue weighted by Crippen LogP contribution is -2.38. The summed E-state index contributed by atoms with van der Waals surface area (Å²) in [4.78, 5) is 16.9. The van der Waals surface area contributed by atoms with E-state index in [-0.39, 0.29) is 5.91 Å². The number of nitrogens with one attached hydrogen (secondary N) is 2. The molecule has 2 aliphatic rings. The van der Waals surface area contributed by atoms with Crippen LogP contribution >= 0.6 is 15.9 Å². The first kappa shape index (κ1) is 13.9. The molecule has 4 nitrogen and oxygen atoms in total. The van der Waals surface area contributed by atoms with Gasteiger partial charge in [0.25, 0.3) is 5.91 Å². The molecule has 0 atom stereocenters. The van der Waals surface area contributed by atoms with Gasteiger partial charge in [-0.05, 0) is 66.4 Å². The number of halogens is 1. The number of pyridine rings is 1. The lowest BCUT2D eigenvalue weighted by molar-refractivity contribution is 0.0927. The van der Waals surface area contributed by atoms with E-state index < -0.39 is 0 Å². The van der Waals surface area contributed by atoms with E-state index >= 15 is 0 Å². The quantitative estimate of drug-likeness (QED) is 0.838. The number of hydrogen-bond donors (Lipinski definition) is 2. The van der Waals surface area contributed by atoms with Crippen molar-refractivity contribution in [3.63, 3.8) is 0 Å². The summed E-state index contributed by atoms with van der Waals surface area (Å²) in [7, 11) is 0. The third kappa shape index (κ3) is 3.14. The average molecular weight is 338 g/mol. The molecule has 0 saturated heterocycles. The van der Waals surface area contributed by atoms with Crippen LogP contribution in [-0.4, -0.2) is 23.5 Å². The molecule has 20 heavy (non-hydrogen) atoms. The molecule has 0 aliphatic heterocycles. The average Bonchev–Trinajstić information content (AvgIpc) is 3.29. The smallest absolute Gasteiger partial charge is 0.255 e. The van der Waals surface area contributed by atoms with Gasteiger partial charge in [0.2, 0.25) is 0 Å². The first-order valence-electron chi connectivity index (χ1n) is 7.39. The number of aromatic nitrogens is 1. The van der Waals surface area contributed by atoms with Gasteiger partial charge in [-0.2, -0.15) is 0 Å². The maximum atomic E-state index is 12.6. The van der Waals surface area contributed by atoms with Crippen molar-refractivity contribution in [2.45, 2.75) is 38.6 Å². The van der Waals surface area contributed by atoms with E-state index in [0.29, 0.717) is 29.3 Å². The zero-order chi connectivity index (χ0) is 14.1. The molecule has 1 aromatic rings. The van der Waals surface area contributed by atoms with Crippen LogP contribution in [0.1, 0.15) is 43.0 Å². The number of carbonyl (C=O) groups is 1. The topological polar surface area (TPSA) is 54.0 Å². The number of hydrogen-bond acceptors (Lipinski definition) is 3. The number of rotatable bonds is 6. The summed E-state index contributed by atoms with van der Waals surface area (Å²) in [6, 6.07) is 2.22. The fourth-order valence-electron chi connectivity index (χ4n) is 2.68. The van der Waals surface area contributed by atoms with E-state index in [4.69, 9.17) is 0 Å². The lowest BCUT2D eigenvalue weighted by Gasteiger charge is -2.19. The van der Waals surface area contributed by atoms with Crippen LogP contribution in [0.4, 0.5) is 5.82 Å². The van der Waals surface area contributed by atoms with E-state index in [2.05, 4.69) is 31.5 Å². The van der Waals surface area contributed by atoms with Gasteiger partial charge in [0.1, 0.15) is 5.82 Å². The molecular weight excluding hydrogens is 318 g/mol. The van der Waals surface area contributed by atoms with Gasteiger partial charge in [0, 0.05) is 23.3 Å². The summed E-state index contributed by atoms with van der Waals surface area (Å²) in [6.07, 6.45) is 6.76. The summed E-state index contributed by atoms with van der Waals surface area (Å²) in [5.74, 6) is 2.07. The molecule has 2 N–H and O–H groups in total. The Balaban J connectivity index is 1.76.